The Labute approximate surface area is 313 Å². The van der Waals surface area contributed by atoms with Gasteiger partial charge >= 0.3 is 0 Å². The van der Waals surface area contributed by atoms with Crippen LogP contribution < -0.4 is 10.5 Å². The lowest BCUT2D eigenvalue weighted by Crippen LogP contribution is -2.48. The number of ether oxygens (including phenoxy) is 1. The number of nitrogens with zero attached hydrogens (tertiary/aromatic N) is 4. The maximum Gasteiger partial charge on any atom is 0.279 e. The fraction of sp³-hybridized carbons (Fsp3) is 0.317. The quantitative estimate of drug-likeness (QED) is 0.204. The molecule has 53 heavy (non-hydrogen) atoms. The molecule has 0 aliphatic carbocycles. The molecule has 0 radical (unpaired) electrons. The second-order valence-electron chi connectivity index (χ2n) is 15.1. The third-order valence-electron chi connectivity index (χ3n) is 11.4. The van der Waals surface area contributed by atoms with E-state index in [4.69, 9.17) is 16.3 Å². The lowest BCUT2D eigenvalue weighted by atomic mass is 9.82. The first-order valence-corrected chi connectivity index (χ1v) is 21.4. The molecule has 2 N–H and O–H groups in total. The minimum absolute atomic E-state index is 0.0424. The third-order valence-corrected chi connectivity index (χ3v) is 14.2. The molecule has 3 aliphatic heterocycles. The van der Waals surface area contributed by atoms with Crippen molar-refractivity contribution in [2.24, 2.45) is 5.92 Å². The molecular weight excluding hydrogens is 708 g/mol. The number of aromatic nitrogens is 2. The fourth-order valence-corrected chi connectivity index (χ4v) is 11.7. The van der Waals surface area contributed by atoms with E-state index in [1.165, 1.54) is 4.68 Å². The van der Waals surface area contributed by atoms with Gasteiger partial charge in [-0.1, -0.05) is 73.1 Å². The Bertz CT molecular complexity index is 2310. The highest BCUT2D eigenvalue weighted by Gasteiger charge is 2.66. The van der Waals surface area contributed by atoms with Crippen LogP contribution in [-0.4, -0.2) is 63.5 Å². The average Bonchev–Trinajstić information content (AvgIpc) is 3.57. The average molecular weight is 749 g/mol. The summed E-state index contributed by atoms with van der Waals surface area (Å²) in [7, 11) is -3.05. The molecule has 1 saturated heterocycles. The number of hydrogen-bond acceptors (Lipinski definition) is 7. The van der Waals surface area contributed by atoms with Crippen LogP contribution in [0.4, 0.5) is 5.69 Å². The van der Waals surface area contributed by atoms with E-state index in [2.05, 4.69) is 5.10 Å². The number of carbonyl (C=O) groups excluding carboxylic acids is 2. The number of aliphatic hydroxyl groups excluding tert-OH is 1. The van der Waals surface area contributed by atoms with Crippen LogP contribution in [0.5, 0.6) is 0 Å². The maximum atomic E-state index is 14.9. The first-order valence-electron chi connectivity index (χ1n) is 18.0. The number of fused-ring (bicyclic) bond motifs is 4. The van der Waals surface area contributed by atoms with Crippen molar-refractivity contribution < 1.29 is 24.2 Å². The van der Waals surface area contributed by atoms with Crippen LogP contribution in [0.25, 0.3) is 16.5 Å². The zero-order valence-corrected chi connectivity index (χ0v) is 31.5. The molecular formula is C41H41ClN4O6Si. The van der Waals surface area contributed by atoms with Crippen molar-refractivity contribution in [2.45, 2.75) is 69.2 Å². The van der Waals surface area contributed by atoms with Gasteiger partial charge in [0.05, 0.1) is 54.7 Å². The van der Waals surface area contributed by atoms with Gasteiger partial charge in [0.25, 0.3) is 11.5 Å². The Hall–Kier alpha value is -4.65. The van der Waals surface area contributed by atoms with Gasteiger partial charge in [-0.05, 0) is 72.6 Å². The standard InChI is InChI=1S/C41H41ClN4O6Si/c1-25-38(53(2,3)51)36(20-37(48)44-23-29-10-5-4-8-27(29)18-32(44)24-47)52-41(25)34-19-30(42)14-17-35(34)45(40(41)50)22-26-12-15-31(16-13-26)46-39(49)33-11-7-6-9-28(33)21-43-46/h4-17,19,21,25,32,36,38,47,51H,18,20,22-24H2,1-3H3/t25-,32-,36+,38-,41+/m0/s1. The van der Waals surface area contributed by atoms with Crippen LogP contribution in [-0.2, 0) is 39.4 Å². The Morgan fingerprint density at radius 1 is 1.00 bits per heavy atom. The van der Waals surface area contributed by atoms with E-state index in [9.17, 15) is 24.3 Å². The van der Waals surface area contributed by atoms with Crippen LogP contribution in [0.3, 0.4) is 0 Å². The summed E-state index contributed by atoms with van der Waals surface area (Å²) < 4.78 is 8.28. The van der Waals surface area contributed by atoms with Crippen molar-refractivity contribution in [3.63, 3.8) is 0 Å². The molecule has 3 aliphatic rings. The predicted octanol–water partition coefficient (Wildman–Crippen LogP) is 5.72. The number of carbonyl (C=O) groups is 2. The molecule has 1 spiro atoms. The van der Waals surface area contributed by atoms with Crippen molar-refractivity contribution in [3.05, 3.63) is 135 Å². The van der Waals surface area contributed by atoms with E-state index < -0.39 is 31.5 Å². The van der Waals surface area contributed by atoms with Crippen molar-refractivity contribution in [1.29, 1.82) is 0 Å². The van der Waals surface area contributed by atoms with Crippen LogP contribution in [0.2, 0.25) is 23.7 Å². The molecule has 0 bridgehead atoms. The van der Waals surface area contributed by atoms with Gasteiger partial charge < -0.3 is 24.4 Å². The summed E-state index contributed by atoms with van der Waals surface area (Å²) >= 11 is 6.59. The molecule has 10 nitrogen and oxygen atoms in total. The summed E-state index contributed by atoms with van der Waals surface area (Å²) in [4.78, 5) is 57.4. The number of anilines is 1. The van der Waals surface area contributed by atoms with E-state index in [1.807, 2.05) is 92.8 Å². The van der Waals surface area contributed by atoms with Gasteiger partial charge in [-0.15, -0.1) is 0 Å². The lowest BCUT2D eigenvalue weighted by molar-refractivity contribution is -0.151. The fourth-order valence-electron chi connectivity index (χ4n) is 8.94. The number of hydrogen-bond donors (Lipinski definition) is 2. The first-order chi connectivity index (χ1) is 25.4. The second kappa shape index (κ2) is 13.3. The van der Waals surface area contributed by atoms with Crippen molar-refractivity contribution in [1.82, 2.24) is 14.7 Å². The van der Waals surface area contributed by atoms with Gasteiger partial charge in [-0.25, -0.2) is 0 Å². The lowest BCUT2D eigenvalue weighted by Gasteiger charge is -2.37. The van der Waals surface area contributed by atoms with Gasteiger partial charge in [0.2, 0.25) is 5.91 Å². The summed E-state index contributed by atoms with van der Waals surface area (Å²) in [5.74, 6) is -0.951. The largest absolute Gasteiger partial charge is 0.432 e. The van der Waals surface area contributed by atoms with Gasteiger partial charge in [-0.2, -0.15) is 9.78 Å². The monoisotopic (exact) mass is 748 g/mol. The molecule has 5 aromatic rings. The summed E-state index contributed by atoms with van der Waals surface area (Å²) in [6.45, 7) is 6.00. The highest BCUT2D eigenvalue weighted by Crippen LogP contribution is 2.60. The normalized spacial score (nSPS) is 23.8. The molecule has 0 saturated carbocycles. The van der Waals surface area contributed by atoms with E-state index in [1.54, 1.807) is 34.2 Å². The summed E-state index contributed by atoms with van der Waals surface area (Å²) in [5, 5.41) is 16.4. The zero-order valence-electron chi connectivity index (χ0n) is 29.8. The molecule has 12 heteroatoms. The summed E-state index contributed by atoms with van der Waals surface area (Å²) in [6.07, 6.45) is 1.42. The molecule has 8 rings (SSSR count). The molecule has 1 aromatic heterocycles. The molecule has 4 aromatic carbocycles. The third kappa shape index (κ3) is 5.91. The van der Waals surface area contributed by atoms with E-state index in [-0.39, 0.29) is 43.0 Å². The van der Waals surface area contributed by atoms with Gasteiger partial charge in [0.1, 0.15) is 0 Å². The summed E-state index contributed by atoms with van der Waals surface area (Å²) in [6, 6.07) is 27.5. The second-order valence-corrected chi connectivity index (χ2v) is 19.5. The Morgan fingerprint density at radius 2 is 1.72 bits per heavy atom. The molecule has 272 valence electrons. The SMILES string of the molecule is C[C@H]1[C@H]([Si](C)(C)O)[C@@H](CC(=O)N2Cc3ccccc3C[C@H]2CO)O[C@]12C(=O)N(Cc1ccc(-n3ncc4ccccc4c3=O)cc1)c1ccc(Cl)cc12. The van der Waals surface area contributed by atoms with Crippen molar-refractivity contribution >= 4 is 48.2 Å². The number of aliphatic hydroxyl groups is 1. The van der Waals surface area contributed by atoms with Gasteiger partial charge in [0.15, 0.2) is 13.9 Å². The highest BCUT2D eigenvalue weighted by molar-refractivity contribution is 6.71. The van der Waals surface area contributed by atoms with Gasteiger partial charge in [-0.3, -0.25) is 14.4 Å². The Kier molecular flexibility index (Phi) is 8.90. The summed E-state index contributed by atoms with van der Waals surface area (Å²) in [5.41, 5.74) is 2.68. The molecule has 0 unspecified atom stereocenters. The van der Waals surface area contributed by atoms with Crippen LogP contribution in [0.15, 0.2) is 102 Å². The first kappa shape index (κ1) is 35.4. The Morgan fingerprint density at radius 3 is 2.45 bits per heavy atom. The van der Waals surface area contributed by atoms with Gasteiger partial charge in [0, 0.05) is 34.0 Å². The smallest absolute Gasteiger partial charge is 0.279 e. The maximum absolute atomic E-state index is 14.9. The number of halogens is 1. The molecule has 5 atom stereocenters. The van der Waals surface area contributed by atoms with Crippen LogP contribution in [0, 0.1) is 5.92 Å². The Balaban J connectivity index is 1.10. The molecule has 2 amide bonds. The topological polar surface area (TPSA) is 125 Å². The van der Waals surface area contributed by atoms with E-state index in [0.29, 0.717) is 40.3 Å². The van der Waals surface area contributed by atoms with Crippen molar-refractivity contribution in [2.75, 3.05) is 11.5 Å². The minimum atomic E-state index is -3.05. The molecule has 4 heterocycles. The predicted molar refractivity (Wildman–Crippen MR) is 205 cm³/mol. The number of benzene rings is 4. The minimum Gasteiger partial charge on any atom is -0.432 e. The van der Waals surface area contributed by atoms with E-state index >= 15 is 0 Å². The van der Waals surface area contributed by atoms with Crippen molar-refractivity contribution in [3.8, 4) is 5.69 Å². The highest BCUT2D eigenvalue weighted by atomic mass is 35.5. The zero-order chi connectivity index (χ0) is 37.2. The van der Waals surface area contributed by atoms with E-state index in [0.717, 1.165) is 22.1 Å². The molecule has 1 fully saturated rings. The van der Waals surface area contributed by atoms with Crippen LogP contribution >= 0.6 is 11.6 Å². The van der Waals surface area contributed by atoms with Crippen LogP contribution in [0.1, 0.15) is 35.6 Å². The number of amides is 2. The number of rotatable bonds is 7.